The average molecular weight is 335 g/mol. The van der Waals surface area contributed by atoms with Gasteiger partial charge in [0.25, 0.3) is 10.0 Å². The number of nitrogens with zero attached hydrogens (tertiary/aromatic N) is 1. The fourth-order valence-corrected chi connectivity index (χ4v) is 3.35. The van der Waals surface area contributed by atoms with E-state index in [2.05, 4.69) is 0 Å². The highest BCUT2D eigenvalue weighted by Crippen LogP contribution is 2.32. The van der Waals surface area contributed by atoms with Crippen LogP contribution in [0, 0.1) is 0 Å². The van der Waals surface area contributed by atoms with Crippen LogP contribution in [0.4, 0.5) is 5.69 Å². The summed E-state index contributed by atoms with van der Waals surface area (Å²) >= 11 is 0. The molecule has 1 saturated heterocycles. The number of sulfonamides is 1. The van der Waals surface area contributed by atoms with Crippen molar-refractivity contribution in [3.63, 3.8) is 0 Å². The molecule has 0 aliphatic carbocycles. The maximum Gasteiger partial charge on any atom is 0.286 e. The number of benzene rings is 2. The van der Waals surface area contributed by atoms with E-state index in [1.165, 1.54) is 19.2 Å². The van der Waals surface area contributed by atoms with E-state index in [0.717, 1.165) is 4.47 Å². The molecule has 1 aliphatic heterocycles. The maximum atomic E-state index is 12.9. The van der Waals surface area contributed by atoms with Gasteiger partial charge in [0.15, 0.2) is 0 Å². The van der Waals surface area contributed by atoms with Crippen LogP contribution in [0.3, 0.4) is 0 Å². The number of ether oxygens (including phenoxy) is 2. The van der Waals surface area contributed by atoms with Gasteiger partial charge in [0.1, 0.15) is 24.1 Å². The van der Waals surface area contributed by atoms with Gasteiger partial charge in [-0.2, -0.15) is 8.42 Å². The Morgan fingerprint density at radius 2 is 1.78 bits per heavy atom. The molecule has 7 heteroatoms. The van der Waals surface area contributed by atoms with Gasteiger partial charge in [0.05, 0.1) is 18.6 Å². The highest BCUT2D eigenvalue weighted by atomic mass is 32.2. The zero-order valence-electron chi connectivity index (χ0n) is 12.6. The molecule has 0 bridgehead atoms. The van der Waals surface area contributed by atoms with Crippen molar-refractivity contribution in [2.45, 2.75) is 11.0 Å². The second kappa shape index (κ2) is 6.57. The van der Waals surface area contributed by atoms with Crippen molar-refractivity contribution in [2.24, 2.45) is 0 Å². The summed E-state index contributed by atoms with van der Waals surface area (Å²) in [6.45, 7) is 0.731. The standard InChI is InChI=1S/C16H17NO5S/c1-20-16-10-6-5-9-15(16)17(22-12-13-11-21-13)23(18,19)14-7-3-2-4-8-14/h2-10,13H,11-12H2,1H3. The first-order valence-corrected chi connectivity index (χ1v) is 8.55. The fourth-order valence-electron chi connectivity index (χ4n) is 2.05. The van der Waals surface area contributed by atoms with Crippen LogP contribution in [0.5, 0.6) is 5.75 Å². The van der Waals surface area contributed by atoms with E-state index in [9.17, 15) is 8.42 Å². The summed E-state index contributed by atoms with van der Waals surface area (Å²) in [7, 11) is -2.40. The van der Waals surface area contributed by atoms with Gasteiger partial charge in [-0.1, -0.05) is 30.3 Å². The number of hydrogen-bond donors (Lipinski definition) is 0. The van der Waals surface area contributed by atoms with Gasteiger partial charge in [-0.25, -0.2) is 0 Å². The van der Waals surface area contributed by atoms with Gasteiger partial charge in [-0.05, 0) is 24.3 Å². The predicted octanol–water partition coefficient (Wildman–Crippen LogP) is 2.22. The van der Waals surface area contributed by atoms with E-state index >= 15 is 0 Å². The number of anilines is 1. The summed E-state index contributed by atoms with van der Waals surface area (Å²) in [5.41, 5.74) is 0.319. The molecule has 1 aliphatic rings. The Hall–Kier alpha value is -2.09. The minimum Gasteiger partial charge on any atom is -0.494 e. The van der Waals surface area contributed by atoms with Gasteiger partial charge in [0, 0.05) is 0 Å². The number of para-hydroxylation sites is 2. The van der Waals surface area contributed by atoms with Crippen molar-refractivity contribution >= 4 is 15.7 Å². The van der Waals surface area contributed by atoms with Crippen molar-refractivity contribution in [1.29, 1.82) is 0 Å². The van der Waals surface area contributed by atoms with Crippen LogP contribution in [-0.2, 0) is 19.6 Å². The van der Waals surface area contributed by atoms with E-state index in [-0.39, 0.29) is 17.6 Å². The predicted molar refractivity (Wildman–Crippen MR) is 84.8 cm³/mol. The molecule has 0 saturated carbocycles. The van der Waals surface area contributed by atoms with Crippen molar-refractivity contribution < 1.29 is 22.7 Å². The molecule has 0 radical (unpaired) electrons. The smallest absolute Gasteiger partial charge is 0.286 e. The van der Waals surface area contributed by atoms with Gasteiger partial charge < -0.3 is 9.47 Å². The lowest BCUT2D eigenvalue weighted by Crippen LogP contribution is -2.33. The van der Waals surface area contributed by atoms with Crippen molar-refractivity contribution in [1.82, 2.24) is 0 Å². The van der Waals surface area contributed by atoms with E-state index in [1.807, 2.05) is 0 Å². The zero-order valence-corrected chi connectivity index (χ0v) is 13.4. The summed E-state index contributed by atoms with van der Waals surface area (Å²) in [5, 5.41) is 0. The highest BCUT2D eigenvalue weighted by Gasteiger charge is 2.31. The third-order valence-corrected chi connectivity index (χ3v) is 4.93. The summed E-state index contributed by atoms with van der Waals surface area (Å²) in [6.07, 6.45) is -0.0711. The Kier molecular flexibility index (Phi) is 4.51. The molecule has 0 amide bonds. The molecule has 23 heavy (non-hydrogen) atoms. The molecule has 2 aromatic rings. The van der Waals surface area contributed by atoms with Crippen LogP contribution in [0.2, 0.25) is 0 Å². The SMILES string of the molecule is COc1ccccc1N(OCC1CO1)S(=O)(=O)c1ccccc1. The Morgan fingerprint density at radius 1 is 1.13 bits per heavy atom. The van der Waals surface area contributed by atoms with Crippen LogP contribution in [-0.4, -0.2) is 34.8 Å². The molecule has 1 heterocycles. The van der Waals surface area contributed by atoms with Crippen LogP contribution < -0.4 is 9.21 Å². The molecule has 0 aromatic heterocycles. The van der Waals surface area contributed by atoms with E-state index in [1.54, 1.807) is 42.5 Å². The molecule has 3 rings (SSSR count). The second-order valence-corrected chi connectivity index (χ2v) is 6.72. The van der Waals surface area contributed by atoms with Crippen LogP contribution >= 0.6 is 0 Å². The lowest BCUT2D eigenvalue weighted by Gasteiger charge is -2.24. The molecule has 0 N–H and O–H groups in total. The second-order valence-electron chi connectivity index (χ2n) is 4.97. The Balaban J connectivity index is 2.01. The summed E-state index contributed by atoms with van der Waals surface area (Å²) in [5.74, 6) is 0.406. The molecular formula is C16H17NO5S. The first kappa shape index (κ1) is 15.8. The minimum absolute atomic E-state index is 0.0711. The van der Waals surface area contributed by atoms with Crippen LogP contribution in [0.1, 0.15) is 0 Å². The quantitative estimate of drug-likeness (QED) is 0.573. The summed E-state index contributed by atoms with van der Waals surface area (Å²) in [4.78, 5) is 5.70. The zero-order chi connectivity index (χ0) is 16.3. The highest BCUT2D eigenvalue weighted by molar-refractivity contribution is 7.92. The third kappa shape index (κ3) is 3.47. The Bertz CT molecular complexity index is 759. The van der Waals surface area contributed by atoms with Crippen molar-refractivity contribution in [2.75, 3.05) is 24.8 Å². The first-order chi connectivity index (χ1) is 11.1. The molecule has 1 unspecified atom stereocenters. The van der Waals surface area contributed by atoms with E-state index in [4.69, 9.17) is 14.3 Å². The number of rotatable bonds is 7. The van der Waals surface area contributed by atoms with Gasteiger partial charge in [-0.15, -0.1) is 4.47 Å². The number of methoxy groups -OCH3 is 1. The Labute approximate surface area is 135 Å². The average Bonchev–Trinajstić information content (AvgIpc) is 3.40. The lowest BCUT2D eigenvalue weighted by atomic mass is 10.3. The summed E-state index contributed by atoms with van der Waals surface area (Å²) < 4.78 is 37.1. The van der Waals surface area contributed by atoms with Crippen LogP contribution in [0.25, 0.3) is 0 Å². The molecule has 0 spiro atoms. The van der Waals surface area contributed by atoms with Crippen molar-refractivity contribution in [3.8, 4) is 5.75 Å². The molecule has 122 valence electrons. The van der Waals surface area contributed by atoms with E-state index in [0.29, 0.717) is 18.0 Å². The molecule has 6 nitrogen and oxygen atoms in total. The topological polar surface area (TPSA) is 68.4 Å². The molecule has 1 fully saturated rings. The minimum atomic E-state index is -3.88. The first-order valence-electron chi connectivity index (χ1n) is 7.11. The summed E-state index contributed by atoms with van der Waals surface area (Å²) in [6, 6.07) is 14.9. The molecular weight excluding hydrogens is 318 g/mol. The van der Waals surface area contributed by atoms with Gasteiger partial charge in [0.2, 0.25) is 0 Å². The normalized spacial score (nSPS) is 16.8. The van der Waals surface area contributed by atoms with Gasteiger partial charge in [-0.3, -0.25) is 4.84 Å². The lowest BCUT2D eigenvalue weighted by molar-refractivity contribution is 0.128. The Morgan fingerprint density at radius 3 is 2.43 bits per heavy atom. The van der Waals surface area contributed by atoms with Crippen molar-refractivity contribution in [3.05, 3.63) is 54.6 Å². The van der Waals surface area contributed by atoms with Gasteiger partial charge >= 0.3 is 0 Å². The molecule has 2 aromatic carbocycles. The monoisotopic (exact) mass is 335 g/mol. The van der Waals surface area contributed by atoms with E-state index < -0.39 is 10.0 Å². The number of hydrogen-bond acceptors (Lipinski definition) is 5. The maximum absolute atomic E-state index is 12.9. The molecule has 1 atom stereocenters. The largest absolute Gasteiger partial charge is 0.494 e. The van der Waals surface area contributed by atoms with Crippen LogP contribution in [0.15, 0.2) is 59.5 Å². The fraction of sp³-hybridized carbons (Fsp3) is 0.250. The third-order valence-electron chi connectivity index (χ3n) is 3.32. The number of epoxide rings is 1.